The molecule has 15 heteroatoms. The molecule has 0 amide bonds. The minimum absolute atomic E-state index is 0. The Hall–Kier alpha value is -0.470. The maximum atomic E-state index is 14.0. The topological polar surface area (TPSA) is 189 Å². The van der Waals surface area contributed by atoms with Crippen LogP contribution in [0.1, 0.15) is 6.23 Å². The summed E-state index contributed by atoms with van der Waals surface area (Å²) >= 11 is 0. The fourth-order valence-corrected chi connectivity index (χ4v) is 2.22. The molecule has 1 saturated heterocycles. The molecule has 1 aliphatic heterocycles. The maximum absolute atomic E-state index is 14.0. The van der Waals surface area contributed by atoms with Crippen LogP contribution in [0.4, 0.5) is 14.6 Å². The number of nitrogen functional groups attached to an aromatic ring is 1. The van der Waals surface area contributed by atoms with Crippen molar-refractivity contribution in [2.24, 2.45) is 0 Å². The van der Waals surface area contributed by atoms with E-state index in [0.29, 0.717) is 4.57 Å². The molecule has 0 saturated carbocycles. The molecule has 7 N–H and O–H groups in total. The van der Waals surface area contributed by atoms with Crippen molar-refractivity contribution in [1.29, 1.82) is 0 Å². The van der Waals surface area contributed by atoms with Crippen molar-refractivity contribution in [3.8, 4) is 0 Å². The fraction of sp³-hybridized carbons (Fsp3) is 0.556. The molecule has 1 aromatic heterocycles. The van der Waals surface area contributed by atoms with Crippen LogP contribution in [0.5, 0.6) is 0 Å². The van der Waals surface area contributed by atoms with Crippen molar-refractivity contribution >= 4 is 43.2 Å². The molecule has 3 atom stereocenters. The number of anilines is 1. The van der Waals surface area contributed by atoms with E-state index in [1.807, 2.05) is 0 Å². The van der Waals surface area contributed by atoms with Gasteiger partial charge in [-0.3, -0.25) is 9.09 Å². The summed E-state index contributed by atoms with van der Waals surface area (Å²) in [4.78, 5) is 31.9. The van der Waals surface area contributed by atoms with Crippen LogP contribution in [-0.4, -0.2) is 84.2 Å². The van der Waals surface area contributed by atoms with E-state index in [0.717, 1.165) is 12.3 Å². The molecule has 133 valence electrons. The summed E-state index contributed by atoms with van der Waals surface area (Å²) in [7, 11) is -4.93. The number of aliphatic hydroxyl groups excluding tert-OH is 1. The third kappa shape index (κ3) is 5.02. The van der Waals surface area contributed by atoms with Crippen LogP contribution < -0.4 is 11.4 Å². The number of nitrogens with two attached hydrogens (primary N) is 1. The first-order valence-electron chi connectivity index (χ1n) is 5.78. The summed E-state index contributed by atoms with van der Waals surface area (Å²) in [6.45, 7) is -0.991. The van der Waals surface area contributed by atoms with Crippen LogP contribution in [0.3, 0.4) is 0 Å². The minimum atomic E-state index is -4.93. The zero-order chi connectivity index (χ0) is 16.7. The largest absolute Gasteiger partial charge is 0.469 e. The Morgan fingerprint density at radius 2 is 2.08 bits per heavy atom. The Kier molecular flexibility index (Phi) is 8.11. The van der Waals surface area contributed by atoms with Crippen molar-refractivity contribution < 1.29 is 43.0 Å². The first kappa shape index (κ1) is 23.5. The summed E-state index contributed by atoms with van der Waals surface area (Å²) in [6, 6.07) is 1.08. The summed E-state index contributed by atoms with van der Waals surface area (Å²) in [5.41, 5.74) is 4.10. The molecule has 1 fully saturated rings. The Balaban J connectivity index is 0.00000264. The van der Waals surface area contributed by atoms with Gasteiger partial charge in [-0.25, -0.2) is 9.36 Å². The second-order valence-corrected chi connectivity index (χ2v) is 5.71. The molecule has 24 heavy (non-hydrogen) atoms. The Morgan fingerprint density at radius 1 is 1.50 bits per heavy atom. The van der Waals surface area contributed by atoms with Crippen LogP contribution in [-0.2, 0) is 13.8 Å². The van der Waals surface area contributed by atoms with E-state index < -0.39 is 44.5 Å². The van der Waals surface area contributed by atoms with E-state index in [9.17, 15) is 23.2 Å². The molecule has 0 unspecified atom stereocenters. The molecule has 0 aliphatic carbocycles. The Morgan fingerprint density at radius 3 is 2.58 bits per heavy atom. The van der Waals surface area contributed by atoms with Gasteiger partial charge in [0.1, 0.15) is 11.9 Å². The van der Waals surface area contributed by atoms with Crippen molar-refractivity contribution in [2.75, 3.05) is 12.3 Å². The smallest absolute Gasteiger partial charge is 0.412 e. The van der Waals surface area contributed by atoms with Gasteiger partial charge >= 0.3 is 19.4 Å². The van der Waals surface area contributed by atoms with Gasteiger partial charge in [0.15, 0.2) is 6.10 Å². The van der Waals surface area contributed by atoms with Gasteiger partial charge in [0, 0.05) is 35.8 Å². The van der Waals surface area contributed by atoms with Crippen molar-refractivity contribution in [2.45, 2.75) is 24.4 Å². The van der Waals surface area contributed by atoms with E-state index in [-0.39, 0.29) is 40.9 Å². The molecule has 0 spiro atoms. The van der Waals surface area contributed by atoms with Crippen LogP contribution >= 0.6 is 7.82 Å². The summed E-state index contributed by atoms with van der Waals surface area (Å²) < 4.78 is 47.8. The van der Waals surface area contributed by atoms with Crippen LogP contribution in [0.25, 0.3) is 0 Å². The molecule has 1 radical (unpaired) electrons. The van der Waals surface area contributed by atoms with E-state index in [1.54, 1.807) is 0 Å². The molecule has 11 nitrogen and oxygen atoms in total. The zero-order valence-electron chi connectivity index (χ0n) is 12.2. The molecular weight excluding hydrogens is 370 g/mol. The first-order chi connectivity index (χ1) is 10.0. The number of hydrogen-bond acceptors (Lipinski definition) is 7. The standard InChI is InChI=1S/C9H12F2N3O7P.Na.H2O/c10-9(11)6(15)4(3-20-22(17,18)19)21-7(9)14-2-1-5(12)13-8(14)16;;/h1-2,4,6-7,15H,3H2,(H2,12,13,16)(H2,17,18,19);;1H2/t4-,6-,7-;;/m1../s1. The molecular formula is C9H14F2N3NaO8P. The number of hydrogen-bond donors (Lipinski definition) is 4. The number of aromatic nitrogens is 2. The first-order valence-corrected chi connectivity index (χ1v) is 7.31. The monoisotopic (exact) mass is 384 g/mol. The second kappa shape index (κ2) is 8.27. The van der Waals surface area contributed by atoms with Gasteiger partial charge in [0.25, 0.3) is 0 Å². The van der Waals surface area contributed by atoms with Gasteiger partial charge in [-0.2, -0.15) is 13.8 Å². The van der Waals surface area contributed by atoms with Crippen molar-refractivity contribution in [3.05, 3.63) is 22.7 Å². The predicted octanol–water partition coefficient (Wildman–Crippen LogP) is -2.38. The maximum Gasteiger partial charge on any atom is 0.469 e. The Labute approximate surface area is 155 Å². The van der Waals surface area contributed by atoms with Crippen LogP contribution in [0.15, 0.2) is 17.1 Å². The van der Waals surface area contributed by atoms with Crippen LogP contribution in [0.2, 0.25) is 0 Å². The zero-order valence-corrected chi connectivity index (χ0v) is 15.1. The minimum Gasteiger partial charge on any atom is -0.412 e. The molecule has 1 aromatic rings. The van der Waals surface area contributed by atoms with E-state index in [2.05, 4.69) is 9.51 Å². The van der Waals surface area contributed by atoms with E-state index >= 15 is 0 Å². The van der Waals surface area contributed by atoms with E-state index in [1.165, 1.54) is 0 Å². The Bertz CT molecular complexity index is 670. The summed E-state index contributed by atoms with van der Waals surface area (Å²) in [5, 5.41) is 9.52. The van der Waals surface area contributed by atoms with Gasteiger partial charge < -0.3 is 30.8 Å². The van der Waals surface area contributed by atoms with Crippen LogP contribution in [0, 0.1) is 0 Å². The van der Waals surface area contributed by atoms with Gasteiger partial charge in [0.05, 0.1) is 6.61 Å². The third-order valence-electron chi connectivity index (χ3n) is 2.89. The number of aliphatic hydroxyl groups is 1. The number of alkyl halides is 2. The average Bonchev–Trinajstić information content (AvgIpc) is 2.59. The SMILES string of the molecule is Nc1ccn([C@@H]2O[C@H](COP(=O)(O)O)[C@@H](O)C2(F)F)c(=O)n1.O.[Na]. The number of halogens is 2. The molecule has 2 rings (SSSR count). The van der Waals surface area contributed by atoms with Gasteiger partial charge in [-0.05, 0) is 6.07 Å². The predicted molar refractivity (Wildman–Crippen MR) is 75.1 cm³/mol. The van der Waals surface area contributed by atoms with Crippen molar-refractivity contribution in [1.82, 2.24) is 9.55 Å². The fourth-order valence-electron chi connectivity index (χ4n) is 1.88. The quantitative estimate of drug-likeness (QED) is 0.324. The number of nitrogens with zero attached hydrogens (tertiary/aromatic N) is 2. The normalized spacial score (nSPS) is 25.6. The van der Waals surface area contributed by atoms with Gasteiger partial charge in [-0.1, -0.05) is 0 Å². The summed E-state index contributed by atoms with van der Waals surface area (Å²) in [6.07, 6.45) is -5.50. The molecule has 2 heterocycles. The number of rotatable bonds is 4. The van der Waals surface area contributed by atoms with Gasteiger partial charge in [0.2, 0.25) is 6.23 Å². The summed E-state index contributed by atoms with van der Waals surface area (Å²) in [5.74, 6) is -4.10. The third-order valence-corrected chi connectivity index (χ3v) is 3.38. The molecule has 0 bridgehead atoms. The van der Waals surface area contributed by atoms with E-state index in [4.69, 9.17) is 20.3 Å². The molecule has 0 aromatic carbocycles. The average molecular weight is 384 g/mol. The molecule has 1 aliphatic rings. The van der Waals surface area contributed by atoms with Gasteiger partial charge in [-0.15, -0.1) is 0 Å². The number of ether oxygens (including phenoxy) is 1. The van der Waals surface area contributed by atoms with Crippen molar-refractivity contribution in [3.63, 3.8) is 0 Å². The second-order valence-electron chi connectivity index (χ2n) is 4.47. The number of phosphoric ester groups is 1. The number of phosphoric acid groups is 1.